The molecule has 2 aliphatic rings. The molecule has 1 aromatic rings. The Morgan fingerprint density at radius 3 is 2.44 bits per heavy atom. The predicted molar refractivity (Wildman–Crippen MR) is 115 cm³/mol. The van der Waals surface area contributed by atoms with Gasteiger partial charge in [0.1, 0.15) is 5.82 Å². The van der Waals surface area contributed by atoms with E-state index in [1.807, 2.05) is 31.8 Å². The van der Waals surface area contributed by atoms with Crippen molar-refractivity contribution in [2.45, 2.75) is 33.7 Å². The zero-order valence-electron chi connectivity index (χ0n) is 16.8. The number of guanidine groups is 1. The zero-order valence-corrected chi connectivity index (χ0v) is 18.4. The van der Waals surface area contributed by atoms with Gasteiger partial charge in [0.05, 0.1) is 16.2 Å². The second-order valence-corrected chi connectivity index (χ2v) is 7.86. The maximum Gasteiger partial charge on any atom is 0.223 e. The van der Waals surface area contributed by atoms with Gasteiger partial charge in [0.15, 0.2) is 0 Å². The Balaban J connectivity index is 0.000000817. The fourth-order valence-corrected chi connectivity index (χ4v) is 3.38. The molecule has 0 bridgehead atoms. The summed E-state index contributed by atoms with van der Waals surface area (Å²) in [5.74, 6) is 0.525. The SMILES string of the molecule is C=CC.CC(C)=NN1C(N2CCN(C)CC2)=Nc2cc(F)c(Br)cc2C1C. The number of fused-ring (bicyclic) bond motifs is 1. The number of hydrogen-bond acceptors (Lipinski definition) is 5. The average Bonchev–Trinajstić information content (AvgIpc) is 2.60. The molecule has 2 aliphatic heterocycles. The normalized spacial score (nSPS) is 19.5. The van der Waals surface area contributed by atoms with Gasteiger partial charge in [0.2, 0.25) is 5.96 Å². The fourth-order valence-electron chi connectivity index (χ4n) is 3.02. The van der Waals surface area contributed by atoms with E-state index in [9.17, 15) is 4.39 Å². The van der Waals surface area contributed by atoms with Crippen LogP contribution in [0.3, 0.4) is 0 Å². The van der Waals surface area contributed by atoms with Crippen molar-refractivity contribution in [3.63, 3.8) is 0 Å². The topological polar surface area (TPSA) is 34.4 Å². The summed E-state index contributed by atoms with van der Waals surface area (Å²) in [4.78, 5) is 9.30. The lowest BCUT2D eigenvalue weighted by Gasteiger charge is -2.41. The number of halogens is 2. The highest BCUT2D eigenvalue weighted by Crippen LogP contribution is 2.38. The quantitative estimate of drug-likeness (QED) is 0.467. The lowest BCUT2D eigenvalue weighted by molar-refractivity contribution is 0.186. The van der Waals surface area contributed by atoms with E-state index in [0.29, 0.717) is 10.2 Å². The van der Waals surface area contributed by atoms with E-state index < -0.39 is 0 Å². The fraction of sp³-hybridized carbons (Fsp3) is 0.500. The van der Waals surface area contributed by atoms with Crippen LogP contribution in [0.2, 0.25) is 0 Å². The molecule has 0 aliphatic carbocycles. The molecule has 0 radical (unpaired) electrons. The van der Waals surface area contributed by atoms with E-state index in [2.05, 4.69) is 46.3 Å². The van der Waals surface area contributed by atoms with Gasteiger partial charge in [-0.1, -0.05) is 6.08 Å². The Morgan fingerprint density at radius 1 is 1.30 bits per heavy atom. The van der Waals surface area contributed by atoms with Crippen LogP contribution in [0.25, 0.3) is 0 Å². The van der Waals surface area contributed by atoms with Gasteiger partial charge in [-0.25, -0.2) is 14.4 Å². The molecule has 7 heteroatoms. The number of nitrogens with zero attached hydrogens (tertiary/aromatic N) is 5. The Hall–Kier alpha value is -1.73. The van der Waals surface area contributed by atoms with Crippen molar-refractivity contribution in [1.82, 2.24) is 14.8 Å². The molecular formula is C20H29BrFN5. The summed E-state index contributed by atoms with van der Waals surface area (Å²) < 4.78 is 14.4. The van der Waals surface area contributed by atoms with Crippen molar-refractivity contribution in [3.05, 3.63) is 40.6 Å². The first-order valence-corrected chi connectivity index (χ1v) is 9.97. The van der Waals surface area contributed by atoms with Crippen LogP contribution in [0.5, 0.6) is 0 Å². The molecule has 1 fully saturated rings. The van der Waals surface area contributed by atoms with Crippen molar-refractivity contribution >= 4 is 33.3 Å². The summed E-state index contributed by atoms with van der Waals surface area (Å²) in [5, 5.41) is 6.66. The number of rotatable bonds is 1. The largest absolute Gasteiger partial charge is 0.338 e. The standard InChI is InChI=1S/C17H23BrFN5.C3H6/c1-11(2)21-24-12(3)13-9-14(18)15(19)10-16(13)20-17(24)23-7-5-22(4)6-8-23;1-3-2/h9-10,12H,5-8H2,1-4H3;3H,1H2,2H3. The summed E-state index contributed by atoms with van der Waals surface area (Å²) >= 11 is 3.28. The molecule has 1 saturated heterocycles. The number of hydrogen-bond donors (Lipinski definition) is 0. The average molecular weight is 438 g/mol. The summed E-state index contributed by atoms with van der Waals surface area (Å²) in [6.45, 7) is 15.0. The monoisotopic (exact) mass is 437 g/mol. The second-order valence-electron chi connectivity index (χ2n) is 7.00. The van der Waals surface area contributed by atoms with E-state index in [-0.39, 0.29) is 11.9 Å². The lowest BCUT2D eigenvalue weighted by Crippen LogP contribution is -2.52. The van der Waals surface area contributed by atoms with E-state index in [1.54, 1.807) is 6.08 Å². The minimum atomic E-state index is -0.286. The molecule has 3 rings (SSSR count). The number of aliphatic imine (C=N–C) groups is 1. The predicted octanol–water partition coefficient (Wildman–Crippen LogP) is 4.79. The molecule has 0 amide bonds. The van der Waals surface area contributed by atoms with Crippen LogP contribution in [-0.2, 0) is 0 Å². The highest BCUT2D eigenvalue weighted by Gasteiger charge is 2.32. The lowest BCUT2D eigenvalue weighted by atomic mass is 10.0. The van der Waals surface area contributed by atoms with Gasteiger partial charge in [-0.15, -0.1) is 6.58 Å². The highest BCUT2D eigenvalue weighted by atomic mass is 79.9. The van der Waals surface area contributed by atoms with Crippen LogP contribution < -0.4 is 0 Å². The second kappa shape index (κ2) is 9.46. The molecule has 0 aromatic heterocycles. The van der Waals surface area contributed by atoms with E-state index in [4.69, 9.17) is 10.1 Å². The highest BCUT2D eigenvalue weighted by molar-refractivity contribution is 9.10. The Labute approximate surface area is 170 Å². The van der Waals surface area contributed by atoms with Crippen molar-refractivity contribution in [3.8, 4) is 0 Å². The van der Waals surface area contributed by atoms with Gasteiger partial charge in [0, 0.05) is 43.5 Å². The zero-order chi connectivity index (χ0) is 20.1. The van der Waals surface area contributed by atoms with Crippen molar-refractivity contribution in [1.29, 1.82) is 0 Å². The maximum absolute atomic E-state index is 14.0. The molecule has 5 nitrogen and oxygen atoms in total. The minimum absolute atomic E-state index is 0.000967. The van der Waals surface area contributed by atoms with Gasteiger partial charge in [-0.05, 0) is 56.7 Å². The Bertz CT molecular complexity index is 734. The summed E-state index contributed by atoms with van der Waals surface area (Å²) in [6.07, 6.45) is 1.75. The molecule has 27 heavy (non-hydrogen) atoms. The van der Waals surface area contributed by atoms with Crippen LogP contribution in [0.4, 0.5) is 10.1 Å². The first-order valence-electron chi connectivity index (χ1n) is 9.17. The number of benzene rings is 1. The van der Waals surface area contributed by atoms with Crippen LogP contribution in [0.15, 0.2) is 39.4 Å². The van der Waals surface area contributed by atoms with Crippen molar-refractivity contribution in [2.75, 3.05) is 33.2 Å². The third kappa shape index (κ3) is 5.17. The van der Waals surface area contributed by atoms with Crippen molar-refractivity contribution in [2.24, 2.45) is 10.1 Å². The molecule has 1 aromatic carbocycles. The molecule has 0 saturated carbocycles. The molecular weight excluding hydrogens is 409 g/mol. The first kappa shape index (κ1) is 21.6. The smallest absolute Gasteiger partial charge is 0.223 e. The van der Waals surface area contributed by atoms with Gasteiger partial charge in [-0.2, -0.15) is 5.10 Å². The molecule has 0 spiro atoms. The van der Waals surface area contributed by atoms with Crippen LogP contribution in [-0.4, -0.2) is 59.7 Å². The third-order valence-electron chi connectivity index (χ3n) is 4.41. The third-order valence-corrected chi connectivity index (χ3v) is 5.01. The summed E-state index contributed by atoms with van der Waals surface area (Å²) in [6, 6.07) is 3.32. The summed E-state index contributed by atoms with van der Waals surface area (Å²) in [5.41, 5.74) is 2.64. The Morgan fingerprint density at radius 2 is 1.89 bits per heavy atom. The van der Waals surface area contributed by atoms with Gasteiger partial charge < -0.3 is 9.80 Å². The number of hydrazone groups is 1. The van der Waals surface area contributed by atoms with Gasteiger partial charge in [-0.3, -0.25) is 0 Å². The van der Waals surface area contributed by atoms with Crippen LogP contribution in [0, 0.1) is 5.82 Å². The van der Waals surface area contributed by atoms with Crippen molar-refractivity contribution < 1.29 is 4.39 Å². The minimum Gasteiger partial charge on any atom is -0.338 e. The number of likely N-dealkylation sites (N-methyl/N-ethyl adjacent to an activating group) is 1. The van der Waals surface area contributed by atoms with Gasteiger partial charge in [0.25, 0.3) is 0 Å². The number of piperazine rings is 1. The molecule has 1 unspecified atom stereocenters. The molecule has 0 N–H and O–H groups in total. The number of allylic oxidation sites excluding steroid dienone is 1. The van der Waals surface area contributed by atoms with Crippen LogP contribution >= 0.6 is 15.9 Å². The first-order chi connectivity index (χ1) is 12.8. The molecule has 2 heterocycles. The van der Waals surface area contributed by atoms with E-state index in [1.165, 1.54) is 6.07 Å². The maximum atomic E-state index is 14.0. The van der Waals surface area contributed by atoms with E-state index in [0.717, 1.165) is 43.4 Å². The Kier molecular flexibility index (Phi) is 7.56. The van der Waals surface area contributed by atoms with Crippen LogP contribution in [0.1, 0.15) is 39.3 Å². The molecule has 148 valence electrons. The van der Waals surface area contributed by atoms with Gasteiger partial charge >= 0.3 is 0 Å². The van der Waals surface area contributed by atoms with E-state index >= 15 is 0 Å². The molecule has 1 atom stereocenters. The summed E-state index contributed by atoms with van der Waals surface area (Å²) in [7, 11) is 2.12.